The Kier molecular flexibility index (Phi) is 4.66. The van der Waals surface area contributed by atoms with E-state index in [1.165, 1.54) is 18.5 Å². The van der Waals surface area contributed by atoms with E-state index in [0.717, 1.165) is 0 Å². The van der Waals surface area contributed by atoms with Gasteiger partial charge in [0.15, 0.2) is 0 Å². The van der Waals surface area contributed by atoms with Crippen molar-refractivity contribution in [1.82, 2.24) is 25.1 Å². The molecule has 0 aliphatic rings. The van der Waals surface area contributed by atoms with Crippen LogP contribution in [0, 0.1) is 17.1 Å². The quantitative estimate of drug-likeness (QED) is 0.547. The Bertz CT molecular complexity index is 1240. The molecule has 3 N–H and O–H groups in total. The van der Waals surface area contributed by atoms with Gasteiger partial charge in [0, 0.05) is 17.1 Å². The molecule has 142 valence electrons. The fourth-order valence-electron chi connectivity index (χ4n) is 3.07. The van der Waals surface area contributed by atoms with E-state index >= 15 is 0 Å². The van der Waals surface area contributed by atoms with E-state index in [0.29, 0.717) is 27.9 Å². The van der Waals surface area contributed by atoms with Gasteiger partial charge < -0.3 is 11.1 Å². The van der Waals surface area contributed by atoms with Gasteiger partial charge in [-0.05, 0) is 37.3 Å². The molecule has 3 aromatic heterocycles. The average Bonchev–Trinajstić information content (AvgIpc) is 2.73. The van der Waals surface area contributed by atoms with Gasteiger partial charge in [0.25, 0.3) is 0 Å². The average molecular weight is 386 g/mol. The van der Waals surface area contributed by atoms with Crippen LogP contribution in [0.1, 0.15) is 24.2 Å². The molecule has 0 aliphatic carbocycles. The predicted molar refractivity (Wildman–Crippen MR) is 106 cm³/mol. The molecule has 1 aromatic carbocycles. The van der Waals surface area contributed by atoms with Gasteiger partial charge in [-0.1, -0.05) is 6.07 Å². The first-order chi connectivity index (χ1) is 14.1. The summed E-state index contributed by atoms with van der Waals surface area (Å²) in [5.74, 6) is -0.0287. The molecule has 29 heavy (non-hydrogen) atoms. The maximum atomic E-state index is 14.0. The first-order valence-electron chi connectivity index (χ1n) is 8.73. The van der Waals surface area contributed by atoms with Crippen molar-refractivity contribution in [2.45, 2.75) is 13.0 Å². The molecular weight excluding hydrogens is 371 g/mol. The van der Waals surface area contributed by atoms with Gasteiger partial charge >= 0.3 is 0 Å². The summed E-state index contributed by atoms with van der Waals surface area (Å²) in [6, 6.07) is 11.3. The van der Waals surface area contributed by atoms with Crippen molar-refractivity contribution in [1.29, 1.82) is 5.26 Å². The Morgan fingerprint density at radius 2 is 2.00 bits per heavy atom. The monoisotopic (exact) mass is 386 g/mol. The number of hydrogen-bond acceptors (Lipinski definition) is 8. The number of nitriles is 1. The number of benzene rings is 1. The van der Waals surface area contributed by atoms with E-state index in [-0.39, 0.29) is 23.0 Å². The molecule has 3 heterocycles. The number of nitrogen functional groups attached to an aromatic ring is 1. The van der Waals surface area contributed by atoms with Crippen LogP contribution in [0.5, 0.6) is 0 Å². The molecule has 0 unspecified atom stereocenters. The lowest BCUT2D eigenvalue weighted by atomic mass is 9.99. The molecule has 4 rings (SSSR count). The maximum absolute atomic E-state index is 14.0. The van der Waals surface area contributed by atoms with Crippen LogP contribution >= 0.6 is 0 Å². The number of aromatic nitrogens is 5. The summed E-state index contributed by atoms with van der Waals surface area (Å²) >= 11 is 0. The summed E-state index contributed by atoms with van der Waals surface area (Å²) in [6.07, 6.45) is 2.92. The molecule has 1 atom stereocenters. The molecule has 0 saturated heterocycles. The molecule has 4 aromatic rings. The van der Waals surface area contributed by atoms with Crippen LogP contribution < -0.4 is 11.1 Å². The molecule has 0 bridgehead atoms. The molecule has 0 spiro atoms. The topological polar surface area (TPSA) is 126 Å². The van der Waals surface area contributed by atoms with Crippen LogP contribution in [0.15, 0.2) is 48.9 Å². The predicted octanol–water partition coefficient (Wildman–Crippen LogP) is 3.25. The second kappa shape index (κ2) is 7.44. The Hall–Kier alpha value is -4.19. The van der Waals surface area contributed by atoms with Crippen LogP contribution in [-0.2, 0) is 0 Å². The highest BCUT2D eigenvalue weighted by Gasteiger charge is 2.21. The van der Waals surface area contributed by atoms with Gasteiger partial charge in [-0.15, -0.1) is 0 Å². The minimum absolute atomic E-state index is 0.0776. The van der Waals surface area contributed by atoms with Crippen LogP contribution in [0.4, 0.5) is 16.0 Å². The fourth-order valence-corrected chi connectivity index (χ4v) is 3.07. The molecule has 0 radical (unpaired) electrons. The van der Waals surface area contributed by atoms with Crippen molar-refractivity contribution in [3.8, 4) is 17.3 Å². The third-order valence-electron chi connectivity index (χ3n) is 4.42. The molecular formula is C20H15FN8. The number of rotatable bonds is 4. The van der Waals surface area contributed by atoms with Crippen LogP contribution in [-0.4, -0.2) is 25.1 Å². The number of halogens is 1. The normalized spacial score (nSPS) is 11.8. The first kappa shape index (κ1) is 18.2. The van der Waals surface area contributed by atoms with Gasteiger partial charge in [0.05, 0.1) is 22.9 Å². The lowest BCUT2D eigenvalue weighted by molar-refractivity contribution is 0.629. The fraction of sp³-hybridized carbons (Fsp3) is 0.100. The summed E-state index contributed by atoms with van der Waals surface area (Å²) in [7, 11) is 0. The van der Waals surface area contributed by atoms with Crippen molar-refractivity contribution >= 4 is 22.5 Å². The lowest BCUT2D eigenvalue weighted by Crippen LogP contribution is -2.14. The number of anilines is 2. The number of nitrogens with zero attached hydrogens (tertiary/aromatic N) is 6. The van der Waals surface area contributed by atoms with Crippen molar-refractivity contribution in [3.05, 3.63) is 66.0 Å². The van der Waals surface area contributed by atoms with Gasteiger partial charge in [-0.3, -0.25) is 4.98 Å². The first-order valence-corrected chi connectivity index (χ1v) is 8.73. The maximum Gasteiger partial charge on any atom is 0.150 e. The highest BCUT2D eigenvalue weighted by molar-refractivity contribution is 5.94. The summed E-state index contributed by atoms with van der Waals surface area (Å²) in [5.41, 5.74) is 8.26. The minimum atomic E-state index is -0.437. The van der Waals surface area contributed by atoms with Gasteiger partial charge in [0.2, 0.25) is 0 Å². The standard InChI is InChI=1S/C20H15FN8/c1-11(27-20-14(9-22)19(23)25-10-26-20)18-17(16-4-2-3-7-24-16)13-8-12(21)5-6-15(13)28-29-18/h2-8,10-11H,1H3,(H3,23,25,26,27)/t11-/m1/s1. The third kappa shape index (κ3) is 3.39. The van der Waals surface area contributed by atoms with E-state index in [4.69, 9.17) is 5.73 Å². The highest BCUT2D eigenvalue weighted by Crippen LogP contribution is 2.33. The Labute approximate surface area is 165 Å². The van der Waals surface area contributed by atoms with E-state index in [1.807, 2.05) is 25.1 Å². The smallest absolute Gasteiger partial charge is 0.150 e. The summed E-state index contributed by atoms with van der Waals surface area (Å²) in [5, 5.41) is 21.7. The number of nitrogens with two attached hydrogens (primary N) is 1. The van der Waals surface area contributed by atoms with Gasteiger partial charge in [-0.2, -0.15) is 15.5 Å². The SMILES string of the molecule is C[C@@H](Nc1ncnc(N)c1C#N)c1nnc2ccc(F)cc2c1-c1ccccn1. The van der Waals surface area contributed by atoms with Crippen molar-refractivity contribution in [3.63, 3.8) is 0 Å². The molecule has 0 fully saturated rings. The highest BCUT2D eigenvalue weighted by atomic mass is 19.1. The number of hydrogen-bond donors (Lipinski definition) is 2. The van der Waals surface area contributed by atoms with E-state index in [9.17, 15) is 9.65 Å². The minimum Gasteiger partial charge on any atom is -0.382 e. The summed E-state index contributed by atoms with van der Waals surface area (Å²) in [6.45, 7) is 1.83. The van der Waals surface area contributed by atoms with Crippen molar-refractivity contribution in [2.75, 3.05) is 11.1 Å². The Morgan fingerprint density at radius 1 is 1.14 bits per heavy atom. The van der Waals surface area contributed by atoms with Gasteiger partial charge in [-0.25, -0.2) is 14.4 Å². The number of nitrogens with one attached hydrogen (secondary N) is 1. The zero-order chi connectivity index (χ0) is 20.4. The van der Waals surface area contributed by atoms with Crippen molar-refractivity contribution < 1.29 is 4.39 Å². The number of pyridine rings is 1. The lowest BCUT2D eigenvalue weighted by Gasteiger charge is -2.19. The summed E-state index contributed by atoms with van der Waals surface area (Å²) in [4.78, 5) is 12.3. The second-order valence-corrected chi connectivity index (χ2v) is 6.30. The van der Waals surface area contributed by atoms with Gasteiger partial charge in [0.1, 0.15) is 35.4 Å². The molecule has 9 heteroatoms. The zero-order valence-electron chi connectivity index (χ0n) is 15.3. The van der Waals surface area contributed by atoms with E-state index < -0.39 is 6.04 Å². The molecule has 0 aliphatic heterocycles. The summed E-state index contributed by atoms with van der Waals surface area (Å²) < 4.78 is 14.0. The second-order valence-electron chi connectivity index (χ2n) is 6.30. The zero-order valence-corrected chi connectivity index (χ0v) is 15.3. The molecule has 0 amide bonds. The van der Waals surface area contributed by atoms with Crippen LogP contribution in [0.25, 0.3) is 22.2 Å². The van der Waals surface area contributed by atoms with E-state index in [1.54, 1.807) is 18.3 Å². The van der Waals surface area contributed by atoms with Crippen LogP contribution in [0.2, 0.25) is 0 Å². The largest absolute Gasteiger partial charge is 0.382 e. The van der Waals surface area contributed by atoms with Crippen LogP contribution in [0.3, 0.4) is 0 Å². The van der Waals surface area contributed by atoms with Crippen molar-refractivity contribution in [2.24, 2.45) is 0 Å². The van der Waals surface area contributed by atoms with E-state index in [2.05, 4.69) is 30.5 Å². The molecule has 8 nitrogen and oxygen atoms in total. The molecule has 0 saturated carbocycles. The Balaban J connectivity index is 1.88. The Morgan fingerprint density at radius 3 is 2.76 bits per heavy atom. The third-order valence-corrected chi connectivity index (χ3v) is 4.42. The number of fused-ring (bicyclic) bond motifs is 1.